The molecule has 27 heavy (non-hydrogen) atoms. The van der Waals surface area contributed by atoms with Gasteiger partial charge in [0.1, 0.15) is 6.54 Å². The Hall–Kier alpha value is -3.47. The van der Waals surface area contributed by atoms with Crippen molar-refractivity contribution in [1.29, 1.82) is 0 Å². The van der Waals surface area contributed by atoms with Crippen molar-refractivity contribution in [2.45, 2.75) is 13.0 Å². The molecule has 3 amide bonds. The van der Waals surface area contributed by atoms with Gasteiger partial charge in [-0.05, 0) is 41.5 Å². The van der Waals surface area contributed by atoms with Crippen molar-refractivity contribution >= 4 is 28.5 Å². The number of nitrogens with zero attached hydrogens (tertiary/aromatic N) is 1. The second-order valence-corrected chi connectivity index (χ2v) is 6.64. The van der Waals surface area contributed by atoms with Crippen molar-refractivity contribution in [3.63, 3.8) is 0 Å². The molecule has 5 nitrogen and oxygen atoms in total. The molecule has 0 saturated heterocycles. The predicted octanol–water partition coefficient (Wildman–Crippen LogP) is 3.31. The molecule has 4 rings (SSSR count). The minimum Gasteiger partial charge on any atom is -0.348 e. The van der Waals surface area contributed by atoms with Gasteiger partial charge in [-0.1, -0.05) is 48.5 Å². The monoisotopic (exact) mass is 358 g/mol. The second-order valence-electron chi connectivity index (χ2n) is 6.64. The molecule has 1 N–H and O–H groups in total. The number of carbonyl (C=O) groups is 3. The zero-order valence-electron chi connectivity index (χ0n) is 14.8. The van der Waals surface area contributed by atoms with E-state index in [-0.39, 0.29) is 18.5 Å². The lowest BCUT2D eigenvalue weighted by Crippen LogP contribution is -2.41. The Balaban J connectivity index is 1.46. The van der Waals surface area contributed by atoms with Gasteiger partial charge < -0.3 is 5.32 Å². The molecule has 134 valence electrons. The van der Waals surface area contributed by atoms with E-state index in [0.717, 1.165) is 21.2 Å². The molecular weight excluding hydrogens is 340 g/mol. The summed E-state index contributed by atoms with van der Waals surface area (Å²) in [5.41, 5.74) is 1.65. The third kappa shape index (κ3) is 3.08. The largest absolute Gasteiger partial charge is 0.348 e. The predicted molar refractivity (Wildman–Crippen MR) is 102 cm³/mol. The first-order valence-electron chi connectivity index (χ1n) is 8.78. The number of hydrogen-bond donors (Lipinski definition) is 1. The standard InChI is InChI=1S/C22H18N2O3/c1-14(16-11-10-15-6-2-3-7-17(15)12-16)23-20(25)13-24-21(26)18-8-4-5-9-19(18)22(24)27/h2-12,14H,13H2,1H3,(H,23,25). The Morgan fingerprint density at radius 2 is 1.48 bits per heavy atom. The highest BCUT2D eigenvalue weighted by Crippen LogP contribution is 2.23. The normalized spacial score (nSPS) is 14.3. The summed E-state index contributed by atoms with van der Waals surface area (Å²) in [4.78, 5) is 38.2. The van der Waals surface area contributed by atoms with Crippen LogP contribution in [0.2, 0.25) is 0 Å². The number of carbonyl (C=O) groups excluding carboxylic acids is 3. The maximum atomic E-state index is 12.4. The number of fused-ring (bicyclic) bond motifs is 2. The average Bonchev–Trinajstić information content (AvgIpc) is 2.92. The number of benzene rings is 3. The Bertz CT molecular complexity index is 1040. The van der Waals surface area contributed by atoms with E-state index in [9.17, 15) is 14.4 Å². The fourth-order valence-electron chi connectivity index (χ4n) is 3.37. The van der Waals surface area contributed by atoms with E-state index >= 15 is 0 Å². The van der Waals surface area contributed by atoms with Crippen molar-refractivity contribution in [2.24, 2.45) is 0 Å². The van der Waals surface area contributed by atoms with Crippen LogP contribution >= 0.6 is 0 Å². The summed E-state index contributed by atoms with van der Waals surface area (Å²) in [5.74, 6) is -1.22. The quantitative estimate of drug-likeness (QED) is 0.728. The molecule has 1 aliphatic heterocycles. The number of imide groups is 1. The third-order valence-corrected chi connectivity index (χ3v) is 4.83. The van der Waals surface area contributed by atoms with Gasteiger partial charge in [0.05, 0.1) is 17.2 Å². The zero-order chi connectivity index (χ0) is 19.0. The Labute approximate surface area is 156 Å². The van der Waals surface area contributed by atoms with Crippen LogP contribution in [0.3, 0.4) is 0 Å². The molecule has 0 radical (unpaired) electrons. The molecule has 5 heteroatoms. The van der Waals surface area contributed by atoms with Crippen LogP contribution in [-0.2, 0) is 4.79 Å². The fourth-order valence-corrected chi connectivity index (χ4v) is 3.37. The van der Waals surface area contributed by atoms with Crippen molar-refractivity contribution in [3.8, 4) is 0 Å². The van der Waals surface area contributed by atoms with Crippen molar-refractivity contribution < 1.29 is 14.4 Å². The minimum atomic E-state index is -0.427. The van der Waals surface area contributed by atoms with Crippen LogP contribution in [0.15, 0.2) is 66.7 Å². The first-order valence-corrected chi connectivity index (χ1v) is 8.78. The van der Waals surface area contributed by atoms with Gasteiger partial charge in [0.2, 0.25) is 5.91 Å². The van der Waals surface area contributed by atoms with Gasteiger partial charge in [-0.3, -0.25) is 19.3 Å². The third-order valence-electron chi connectivity index (χ3n) is 4.83. The summed E-state index contributed by atoms with van der Waals surface area (Å²) in [5, 5.41) is 5.09. The molecule has 0 saturated carbocycles. The summed E-state index contributed by atoms with van der Waals surface area (Å²) in [7, 11) is 0. The second kappa shape index (κ2) is 6.68. The van der Waals surface area contributed by atoms with E-state index in [1.165, 1.54) is 0 Å². The molecule has 0 fully saturated rings. The van der Waals surface area contributed by atoms with E-state index in [1.807, 2.05) is 49.4 Å². The van der Waals surface area contributed by atoms with Crippen LogP contribution in [0.5, 0.6) is 0 Å². The molecule has 1 aliphatic rings. The van der Waals surface area contributed by atoms with Crippen molar-refractivity contribution in [2.75, 3.05) is 6.54 Å². The van der Waals surface area contributed by atoms with Crippen LogP contribution < -0.4 is 5.32 Å². The van der Waals surface area contributed by atoms with Gasteiger partial charge in [-0.25, -0.2) is 0 Å². The zero-order valence-corrected chi connectivity index (χ0v) is 14.8. The van der Waals surface area contributed by atoms with Gasteiger partial charge in [0, 0.05) is 0 Å². The van der Waals surface area contributed by atoms with Crippen LogP contribution in [0.1, 0.15) is 39.2 Å². The van der Waals surface area contributed by atoms with Crippen LogP contribution in [0.4, 0.5) is 0 Å². The highest BCUT2D eigenvalue weighted by molar-refractivity contribution is 6.22. The maximum absolute atomic E-state index is 12.4. The lowest BCUT2D eigenvalue weighted by atomic mass is 10.0. The summed E-state index contributed by atoms with van der Waals surface area (Å²) in [6, 6.07) is 20.4. The number of nitrogens with one attached hydrogen (secondary N) is 1. The molecule has 1 unspecified atom stereocenters. The summed E-state index contributed by atoms with van der Waals surface area (Å²) < 4.78 is 0. The highest BCUT2D eigenvalue weighted by Gasteiger charge is 2.36. The van der Waals surface area contributed by atoms with Gasteiger partial charge in [-0.15, -0.1) is 0 Å². The maximum Gasteiger partial charge on any atom is 0.262 e. The van der Waals surface area contributed by atoms with E-state index in [0.29, 0.717) is 11.1 Å². The molecule has 0 spiro atoms. The molecule has 1 heterocycles. The summed E-state index contributed by atoms with van der Waals surface area (Å²) >= 11 is 0. The Morgan fingerprint density at radius 3 is 2.15 bits per heavy atom. The number of hydrogen-bond acceptors (Lipinski definition) is 3. The topological polar surface area (TPSA) is 66.5 Å². The van der Waals surface area contributed by atoms with E-state index in [1.54, 1.807) is 24.3 Å². The van der Waals surface area contributed by atoms with Crippen molar-refractivity contribution in [3.05, 3.63) is 83.4 Å². The lowest BCUT2D eigenvalue weighted by molar-refractivity contribution is -0.122. The Morgan fingerprint density at radius 1 is 0.889 bits per heavy atom. The Kier molecular flexibility index (Phi) is 4.20. The average molecular weight is 358 g/mol. The van der Waals surface area contributed by atoms with E-state index in [4.69, 9.17) is 0 Å². The first-order chi connectivity index (χ1) is 13.0. The van der Waals surface area contributed by atoms with Gasteiger partial charge in [0.15, 0.2) is 0 Å². The van der Waals surface area contributed by atoms with Crippen LogP contribution in [0.25, 0.3) is 10.8 Å². The number of rotatable bonds is 4. The van der Waals surface area contributed by atoms with E-state index < -0.39 is 11.8 Å². The fraction of sp³-hybridized carbons (Fsp3) is 0.136. The smallest absolute Gasteiger partial charge is 0.262 e. The van der Waals surface area contributed by atoms with Gasteiger partial charge in [0.25, 0.3) is 11.8 Å². The highest BCUT2D eigenvalue weighted by atomic mass is 16.2. The summed E-state index contributed by atoms with van der Waals surface area (Å²) in [6.07, 6.45) is 0. The molecular formula is C22H18N2O3. The molecule has 3 aromatic rings. The van der Waals surface area contributed by atoms with Crippen LogP contribution in [-0.4, -0.2) is 29.2 Å². The minimum absolute atomic E-state index is 0.239. The lowest BCUT2D eigenvalue weighted by Gasteiger charge is -2.18. The molecule has 3 aromatic carbocycles. The molecule has 0 aromatic heterocycles. The van der Waals surface area contributed by atoms with E-state index in [2.05, 4.69) is 5.32 Å². The van der Waals surface area contributed by atoms with Gasteiger partial charge in [-0.2, -0.15) is 0 Å². The first kappa shape index (κ1) is 17.0. The van der Waals surface area contributed by atoms with Crippen LogP contribution in [0, 0.1) is 0 Å². The van der Waals surface area contributed by atoms with Crippen molar-refractivity contribution in [1.82, 2.24) is 10.2 Å². The molecule has 0 bridgehead atoms. The molecule has 1 atom stereocenters. The van der Waals surface area contributed by atoms with Gasteiger partial charge >= 0.3 is 0 Å². The number of amides is 3. The SMILES string of the molecule is CC(NC(=O)CN1C(=O)c2ccccc2C1=O)c1ccc2ccccc2c1. The molecule has 0 aliphatic carbocycles. The summed E-state index contributed by atoms with van der Waals surface area (Å²) in [6.45, 7) is 1.59.